The minimum Gasteiger partial charge on any atom is -0.312 e. The zero-order valence-electron chi connectivity index (χ0n) is 15.2. The summed E-state index contributed by atoms with van der Waals surface area (Å²) in [7, 11) is -3.70. The quantitative estimate of drug-likeness (QED) is 0.705. The topological polar surface area (TPSA) is 66.5 Å². The van der Waals surface area contributed by atoms with Crippen molar-refractivity contribution in [3.05, 3.63) is 78.9 Å². The van der Waals surface area contributed by atoms with Gasteiger partial charge in [-0.05, 0) is 53.9 Å². The van der Waals surface area contributed by atoms with E-state index in [1.54, 1.807) is 29.2 Å². The Morgan fingerprint density at radius 3 is 2.04 bits per heavy atom. The van der Waals surface area contributed by atoms with Crippen LogP contribution in [0.25, 0.3) is 11.1 Å². The molecule has 28 heavy (non-hydrogen) atoms. The molecule has 6 heteroatoms. The second-order valence-electron chi connectivity index (χ2n) is 6.69. The van der Waals surface area contributed by atoms with E-state index in [4.69, 9.17) is 0 Å². The van der Waals surface area contributed by atoms with Crippen molar-refractivity contribution in [3.8, 4) is 11.1 Å². The van der Waals surface area contributed by atoms with E-state index in [1.165, 1.54) is 12.1 Å². The second kappa shape index (κ2) is 7.48. The van der Waals surface area contributed by atoms with E-state index >= 15 is 0 Å². The van der Waals surface area contributed by atoms with Crippen LogP contribution in [0.4, 0.5) is 11.4 Å². The fourth-order valence-electron chi connectivity index (χ4n) is 3.30. The molecule has 0 bridgehead atoms. The normalized spacial score (nSPS) is 14.3. The molecule has 5 nitrogen and oxygen atoms in total. The monoisotopic (exact) mass is 392 g/mol. The van der Waals surface area contributed by atoms with Gasteiger partial charge in [0.2, 0.25) is 5.91 Å². The molecule has 0 saturated carbocycles. The van der Waals surface area contributed by atoms with E-state index in [0.29, 0.717) is 18.7 Å². The molecule has 0 atom stereocenters. The van der Waals surface area contributed by atoms with E-state index in [-0.39, 0.29) is 10.8 Å². The minimum atomic E-state index is -3.70. The number of carbonyl (C=O) groups is 1. The number of hydrogen-bond donors (Lipinski definition) is 1. The number of hydrogen-bond acceptors (Lipinski definition) is 3. The molecule has 4 rings (SSSR count). The molecule has 3 aromatic rings. The van der Waals surface area contributed by atoms with Gasteiger partial charge in [0.05, 0.1) is 4.90 Å². The summed E-state index contributed by atoms with van der Waals surface area (Å²) in [5.41, 5.74) is 3.32. The number of nitrogens with one attached hydrogen (secondary N) is 1. The fraction of sp³-hybridized carbons (Fsp3) is 0.136. The molecular formula is C22H20N2O3S. The van der Waals surface area contributed by atoms with Crippen molar-refractivity contribution in [3.63, 3.8) is 0 Å². The third-order valence-electron chi connectivity index (χ3n) is 4.78. The molecule has 1 heterocycles. The Bertz CT molecular complexity index is 1080. The standard InChI is InChI=1S/C22H20N2O3S/c25-22-7-4-16-24(22)20-12-14-21(15-13-20)28(26,27)23-19-10-8-18(9-11-19)17-5-2-1-3-6-17/h1-3,5-6,8-15,23H,4,7,16H2. The Morgan fingerprint density at radius 1 is 0.786 bits per heavy atom. The van der Waals surface area contributed by atoms with Crippen LogP contribution in [-0.2, 0) is 14.8 Å². The van der Waals surface area contributed by atoms with Crippen molar-refractivity contribution in [1.82, 2.24) is 0 Å². The smallest absolute Gasteiger partial charge is 0.261 e. The first-order valence-corrected chi connectivity index (χ1v) is 10.6. The lowest BCUT2D eigenvalue weighted by molar-refractivity contribution is -0.117. The molecule has 142 valence electrons. The van der Waals surface area contributed by atoms with Gasteiger partial charge in [0.1, 0.15) is 0 Å². The molecule has 0 spiro atoms. The molecule has 1 aliphatic rings. The van der Waals surface area contributed by atoms with E-state index < -0.39 is 10.0 Å². The molecular weight excluding hydrogens is 372 g/mol. The predicted octanol–water partition coefficient (Wildman–Crippen LogP) is 4.28. The molecule has 1 saturated heterocycles. The van der Waals surface area contributed by atoms with Crippen molar-refractivity contribution < 1.29 is 13.2 Å². The summed E-state index contributed by atoms with van der Waals surface area (Å²) in [4.78, 5) is 13.7. The molecule has 1 amide bonds. The Kier molecular flexibility index (Phi) is 4.88. The Balaban J connectivity index is 1.50. The number of sulfonamides is 1. The molecule has 1 aliphatic heterocycles. The maximum absolute atomic E-state index is 12.7. The molecule has 0 unspecified atom stereocenters. The lowest BCUT2D eigenvalue weighted by Gasteiger charge is -2.16. The van der Waals surface area contributed by atoms with Crippen molar-refractivity contribution in [2.24, 2.45) is 0 Å². The molecule has 0 aliphatic carbocycles. The van der Waals surface area contributed by atoms with E-state index in [9.17, 15) is 13.2 Å². The number of anilines is 2. The number of carbonyl (C=O) groups excluding carboxylic acids is 1. The highest BCUT2D eigenvalue weighted by atomic mass is 32.2. The second-order valence-corrected chi connectivity index (χ2v) is 8.37. The van der Waals surface area contributed by atoms with Gasteiger partial charge in [-0.15, -0.1) is 0 Å². The first kappa shape index (κ1) is 18.3. The van der Waals surface area contributed by atoms with Gasteiger partial charge in [-0.3, -0.25) is 9.52 Å². The van der Waals surface area contributed by atoms with Crippen molar-refractivity contribution in [2.45, 2.75) is 17.7 Å². The molecule has 3 aromatic carbocycles. The number of nitrogens with zero attached hydrogens (tertiary/aromatic N) is 1. The average molecular weight is 392 g/mol. The molecule has 1 fully saturated rings. The maximum atomic E-state index is 12.7. The van der Waals surface area contributed by atoms with Crippen LogP contribution < -0.4 is 9.62 Å². The van der Waals surface area contributed by atoms with Crippen LogP contribution in [0.3, 0.4) is 0 Å². The summed E-state index contributed by atoms with van der Waals surface area (Å²) in [6.45, 7) is 0.678. The average Bonchev–Trinajstić information content (AvgIpc) is 3.15. The third-order valence-corrected chi connectivity index (χ3v) is 6.17. The van der Waals surface area contributed by atoms with Gasteiger partial charge < -0.3 is 4.90 Å². The molecule has 0 radical (unpaired) electrons. The first-order valence-electron chi connectivity index (χ1n) is 9.12. The van der Waals surface area contributed by atoms with Crippen molar-refractivity contribution in [1.29, 1.82) is 0 Å². The van der Waals surface area contributed by atoms with Crippen LogP contribution in [0.1, 0.15) is 12.8 Å². The largest absolute Gasteiger partial charge is 0.312 e. The van der Waals surface area contributed by atoms with Crippen LogP contribution in [0, 0.1) is 0 Å². The highest BCUT2D eigenvalue weighted by Gasteiger charge is 2.22. The lowest BCUT2D eigenvalue weighted by Crippen LogP contribution is -2.23. The number of amides is 1. The highest BCUT2D eigenvalue weighted by molar-refractivity contribution is 7.92. The van der Waals surface area contributed by atoms with Crippen molar-refractivity contribution in [2.75, 3.05) is 16.2 Å². The summed E-state index contributed by atoms with van der Waals surface area (Å²) in [6, 6.07) is 23.6. The Labute approximate surface area is 164 Å². The summed E-state index contributed by atoms with van der Waals surface area (Å²) in [6.07, 6.45) is 1.37. The molecule has 1 N–H and O–H groups in total. The molecule has 0 aromatic heterocycles. The Morgan fingerprint density at radius 2 is 1.43 bits per heavy atom. The van der Waals surface area contributed by atoms with Gasteiger partial charge in [0, 0.05) is 24.3 Å². The summed E-state index contributed by atoms with van der Waals surface area (Å²) in [5.74, 6) is 0.0761. The van der Waals surface area contributed by atoms with E-state index in [0.717, 1.165) is 23.2 Å². The number of rotatable bonds is 5. The SMILES string of the molecule is O=C1CCCN1c1ccc(S(=O)(=O)Nc2ccc(-c3ccccc3)cc2)cc1. The first-order chi connectivity index (χ1) is 13.5. The van der Waals surface area contributed by atoms with Crippen LogP contribution in [-0.4, -0.2) is 20.9 Å². The Hall–Kier alpha value is -3.12. The summed E-state index contributed by atoms with van der Waals surface area (Å²) < 4.78 is 27.9. The van der Waals surface area contributed by atoms with Gasteiger partial charge in [-0.25, -0.2) is 8.42 Å². The highest BCUT2D eigenvalue weighted by Crippen LogP contribution is 2.25. The van der Waals surface area contributed by atoms with E-state index in [1.807, 2.05) is 42.5 Å². The minimum absolute atomic E-state index is 0.0761. The van der Waals surface area contributed by atoms with Gasteiger partial charge >= 0.3 is 0 Å². The van der Waals surface area contributed by atoms with Crippen molar-refractivity contribution >= 4 is 27.3 Å². The third kappa shape index (κ3) is 3.77. The van der Waals surface area contributed by atoms with Crippen LogP contribution in [0.2, 0.25) is 0 Å². The lowest BCUT2D eigenvalue weighted by atomic mass is 10.1. The fourth-order valence-corrected chi connectivity index (χ4v) is 4.36. The van der Waals surface area contributed by atoms with Gasteiger partial charge in [0.15, 0.2) is 0 Å². The van der Waals surface area contributed by atoms with Gasteiger partial charge in [-0.2, -0.15) is 0 Å². The maximum Gasteiger partial charge on any atom is 0.261 e. The summed E-state index contributed by atoms with van der Waals surface area (Å²) >= 11 is 0. The van der Waals surface area contributed by atoms with Crippen LogP contribution >= 0.6 is 0 Å². The van der Waals surface area contributed by atoms with Gasteiger partial charge in [0.25, 0.3) is 10.0 Å². The summed E-state index contributed by atoms with van der Waals surface area (Å²) in [5, 5.41) is 0. The zero-order chi connectivity index (χ0) is 19.6. The number of benzene rings is 3. The predicted molar refractivity (Wildman–Crippen MR) is 111 cm³/mol. The van der Waals surface area contributed by atoms with E-state index in [2.05, 4.69) is 4.72 Å². The van der Waals surface area contributed by atoms with Gasteiger partial charge in [-0.1, -0.05) is 42.5 Å². The van der Waals surface area contributed by atoms with Crippen LogP contribution in [0.15, 0.2) is 83.8 Å². The van der Waals surface area contributed by atoms with Crippen LogP contribution in [0.5, 0.6) is 0 Å². The zero-order valence-corrected chi connectivity index (χ0v) is 16.0.